The van der Waals surface area contributed by atoms with Crippen LogP contribution in [-0.4, -0.2) is 28.7 Å². The molecule has 1 aliphatic carbocycles. The number of carbonyl (C=O) groups excluding carboxylic acids is 1. The highest BCUT2D eigenvalue weighted by molar-refractivity contribution is 5.79. The zero-order valence-electron chi connectivity index (χ0n) is 12.4. The lowest BCUT2D eigenvalue weighted by Crippen LogP contribution is -2.54. The number of carboxylic acids is 1. The summed E-state index contributed by atoms with van der Waals surface area (Å²) in [7, 11) is 0. The van der Waals surface area contributed by atoms with Gasteiger partial charge in [-0.1, -0.05) is 19.8 Å². The van der Waals surface area contributed by atoms with Crippen molar-refractivity contribution in [2.24, 2.45) is 5.41 Å². The number of carbonyl (C=O) groups is 2. The van der Waals surface area contributed by atoms with Gasteiger partial charge in [0.05, 0.1) is 5.41 Å². The van der Waals surface area contributed by atoms with Crippen molar-refractivity contribution in [2.45, 2.75) is 71.4 Å². The van der Waals surface area contributed by atoms with Crippen LogP contribution in [0.2, 0.25) is 0 Å². The summed E-state index contributed by atoms with van der Waals surface area (Å²) in [5.41, 5.74) is -1.11. The molecule has 0 heterocycles. The van der Waals surface area contributed by atoms with Crippen LogP contribution in [0.25, 0.3) is 0 Å². The fraction of sp³-hybridized carbons (Fsp3) is 0.857. The lowest BCUT2D eigenvalue weighted by molar-refractivity contribution is -0.148. The zero-order chi connectivity index (χ0) is 14.7. The van der Waals surface area contributed by atoms with Crippen molar-refractivity contribution < 1.29 is 14.7 Å². The van der Waals surface area contributed by atoms with Gasteiger partial charge in [0.2, 0.25) is 0 Å². The Morgan fingerprint density at radius 2 is 2.05 bits per heavy atom. The van der Waals surface area contributed by atoms with E-state index in [2.05, 4.69) is 17.6 Å². The van der Waals surface area contributed by atoms with Crippen LogP contribution in [0, 0.1) is 5.41 Å². The van der Waals surface area contributed by atoms with E-state index in [1.165, 1.54) is 0 Å². The SMILES string of the molecule is CCCC(C)(C)NC(=O)NC1CCCC1(C)C(=O)O. The third-order valence-corrected chi connectivity index (χ3v) is 4.08. The highest BCUT2D eigenvalue weighted by Crippen LogP contribution is 2.38. The van der Waals surface area contributed by atoms with Gasteiger partial charge >= 0.3 is 12.0 Å². The van der Waals surface area contributed by atoms with Crippen LogP contribution in [0.4, 0.5) is 4.79 Å². The van der Waals surface area contributed by atoms with Gasteiger partial charge in [-0.3, -0.25) is 4.79 Å². The molecular formula is C14H26N2O3. The number of rotatable bonds is 5. The first-order valence-electron chi connectivity index (χ1n) is 7.03. The average Bonchev–Trinajstić information content (AvgIpc) is 2.60. The summed E-state index contributed by atoms with van der Waals surface area (Å²) in [5.74, 6) is -0.830. The van der Waals surface area contributed by atoms with Crippen molar-refractivity contribution in [1.82, 2.24) is 10.6 Å². The molecule has 0 aliphatic heterocycles. The second kappa shape index (κ2) is 5.80. The molecule has 2 amide bonds. The Labute approximate surface area is 115 Å². The predicted molar refractivity (Wildman–Crippen MR) is 74.0 cm³/mol. The molecule has 1 rings (SSSR count). The molecule has 5 heteroatoms. The summed E-state index contributed by atoms with van der Waals surface area (Å²) >= 11 is 0. The van der Waals surface area contributed by atoms with Crippen molar-refractivity contribution in [1.29, 1.82) is 0 Å². The number of hydrogen-bond donors (Lipinski definition) is 3. The molecule has 1 saturated carbocycles. The molecule has 5 nitrogen and oxygen atoms in total. The number of nitrogens with one attached hydrogen (secondary N) is 2. The number of urea groups is 1. The van der Waals surface area contributed by atoms with Crippen LogP contribution >= 0.6 is 0 Å². The van der Waals surface area contributed by atoms with E-state index in [1.54, 1.807) is 6.92 Å². The van der Waals surface area contributed by atoms with Gasteiger partial charge in [-0.25, -0.2) is 4.79 Å². The molecule has 0 saturated heterocycles. The van der Waals surface area contributed by atoms with E-state index in [0.717, 1.165) is 25.7 Å². The Hall–Kier alpha value is -1.26. The van der Waals surface area contributed by atoms with Crippen molar-refractivity contribution in [2.75, 3.05) is 0 Å². The molecule has 0 bridgehead atoms. The Morgan fingerprint density at radius 3 is 2.58 bits per heavy atom. The first-order valence-corrected chi connectivity index (χ1v) is 7.03. The number of aliphatic carboxylic acids is 1. The van der Waals surface area contributed by atoms with Crippen molar-refractivity contribution in [3.63, 3.8) is 0 Å². The normalized spacial score (nSPS) is 27.1. The minimum atomic E-state index is -0.841. The van der Waals surface area contributed by atoms with Gasteiger partial charge in [0.1, 0.15) is 0 Å². The van der Waals surface area contributed by atoms with Crippen molar-refractivity contribution in [3.8, 4) is 0 Å². The van der Waals surface area contributed by atoms with E-state index in [9.17, 15) is 14.7 Å². The summed E-state index contributed by atoms with van der Waals surface area (Å²) in [4.78, 5) is 23.3. The van der Waals surface area contributed by atoms with E-state index in [0.29, 0.717) is 6.42 Å². The maximum absolute atomic E-state index is 12.0. The van der Waals surface area contributed by atoms with Crippen LogP contribution in [-0.2, 0) is 4.79 Å². The van der Waals surface area contributed by atoms with Gasteiger partial charge in [0.15, 0.2) is 0 Å². The summed E-state index contributed by atoms with van der Waals surface area (Å²) < 4.78 is 0. The first kappa shape index (κ1) is 15.8. The molecule has 110 valence electrons. The van der Waals surface area contributed by atoms with E-state index < -0.39 is 11.4 Å². The number of amides is 2. The fourth-order valence-corrected chi connectivity index (χ4v) is 2.84. The molecule has 19 heavy (non-hydrogen) atoms. The van der Waals surface area contributed by atoms with Crippen LogP contribution < -0.4 is 10.6 Å². The Morgan fingerprint density at radius 1 is 1.42 bits per heavy atom. The largest absolute Gasteiger partial charge is 0.481 e. The van der Waals surface area contributed by atoms with Gasteiger partial charge in [0.25, 0.3) is 0 Å². The van der Waals surface area contributed by atoms with E-state index in [1.807, 2.05) is 13.8 Å². The quantitative estimate of drug-likeness (QED) is 0.718. The molecule has 0 radical (unpaired) electrons. The lowest BCUT2D eigenvalue weighted by atomic mass is 9.85. The van der Waals surface area contributed by atoms with E-state index in [-0.39, 0.29) is 17.6 Å². The van der Waals surface area contributed by atoms with Crippen LogP contribution in [0.15, 0.2) is 0 Å². The highest BCUT2D eigenvalue weighted by Gasteiger charge is 2.46. The standard InChI is InChI=1S/C14H26N2O3/c1-5-8-13(2,3)16-12(19)15-10-7-6-9-14(10,4)11(17)18/h10H,5-9H2,1-4H3,(H,17,18)(H2,15,16,19). The average molecular weight is 270 g/mol. The molecule has 2 unspecified atom stereocenters. The zero-order valence-corrected chi connectivity index (χ0v) is 12.4. The number of hydrogen-bond acceptors (Lipinski definition) is 2. The van der Waals surface area contributed by atoms with Crippen LogP contribution in [0.1, 0.15) is 59.8 Å². The molecule has 0 aromatic rings. The minimum Gasteiger partial charge on any atom is -0.481 e. The Balaban J connectivity index is 2.60. The second-order valence-corrected chi connectivity index (χ2v) is 6.40. The molecule has 0 spiro atoms. The summed E-state index contributed by atoms with van der Waals surface area (Å²) in [6.07, 6.45) is 4.06. The molecule has 0 aromatic heterocycles. The van der Waals surface area contributed by atoms with Gasteiger partial charge in [-0.15, -0.1) is 0 Å². The van der Waals surface area contributed by atoms with Crippen molar-refractivity contribution in [3.05, 3.63) is 0 Å². The monoisotopic (exact) mass is 270 g/mol. The molecule has 1 fully saturated rings. The second-order valence-electron chi connectivity index (χ2n) is 6.40. The molecule has 2 atom stereocenters. The van der Waals surface area contributed by atoms with Crippen LogP contribution in [0.5, 0.6) is 0 Å². The van der Waals surface area contributed by atoms with Crippen LogP contribution in [0.3, 0.4) is 0 Å². The summed E-state index contributed by atoms with van der Waals surface area (Å²) in [5, 5.41) is 15.1. The van der Waals surface area contributed by atoms with E-state index in [4.69, 9.17) is 0 Å². The van der Waals surface area contributed by atoms with E-state index >= 15 is 0 Å². The fourth-order valence-electron chi connectivity index (χ4n) is 2.84. The molecular weight excluding hydrogens is 244 g/mol. The first-order chi connectivity index (χ1) is 8.71. The predicted octanol–water partition coefficient (Wildman–Crippen LogP) is 2.51. The molecule has 0 aromatic carbocycles. The Bertz CT molecular complexity index is 355. The highest BCUT2D eigenvalue weighted by atomic mass is 16.4. The molecule has 1 aliphatic rings. The molecule has 3 N–H and O–H groups in total. The third-order valence-electron chi connectivity index (χ3n) is 4.08. The lowest BCUT2D eigenvalue weighted by Gasteiger charge is -2.31. The maximum Gasteiger partial charge on any atom is 0.315 e. The van der Waals surface area contributed by atoms with Crippen molar-refractivity contribution >= 4 is 12.0 Å². The maximum atomic E-state index is 12.0. The van der Waals surface area contributed by atoms with Gasteiger partial charge in [0, 0.05) is 11.6 Å². The summed E-state index contributed by atoms with van der Waals surface area (Å²) in [6.45, 7) is 7.73. The Kier molecular flexibility index (Phi) is 4.82. The number of carboxylic acid groups (broad SMARTS) is 1. The summed E-state index contributed by atoms with van der Waals surface area (Å²) in [6, 6.07) is -0.555. The van der Waals surface area contributed by atoms with Gasteiger partial charge in [-0.2, -0.15) is 0 Å². The smallest absolute Gasteiger partial charge is 0.315 e. The topological polar surface area (TPSA) is 78.4 Å². The van der Waals surface area contributed by atoms with Gasteiger partial charge < -0.3 is 15.7 Å². The minimum absolute atomic E-state index is 0.266. The third kappa shape index (κ3) is 3.85. The van der Waals surface area contributed by atoms with Gasteiger partial charge in [-0.05, 0) is 40.0 Å².